The predicted molar refractivity (Wildman–Crippen MR) is 95.8 cm³/mol. The van der Waals surface area contributed by atoms with Crippen molar-refractivity contribution in [1.82, 2.24) is 5.06 Å². The normalized spacial score (nSPS) is 13.8. The quantitative estimate of drug-likeness (QED) is 0.376. The van der Waals surface area contributed by atoms with Crippen LogP contribution in [0.2, 0.25) is 0 Å². The lowest BCUT2D eigenvalue weighted by atomic mass is 9.94. The molecule has 0 fully saturated rings. The van der Waals surface area contributed by atoms with Gasteiger partial charge in [-0.3, -0.25) is 19.7 Å². The van der Waals surface area contributed by atoms with E-state index in [0.29, 0.717) is 5.39 Å². The molecule has 3 aromatic carbocycles. The summed E-state index contributed by atoms with van der Waals surface area (Å²) in [6.45, 7) is 0. The number of nitrogens with zero attached hydrogens (tertiary/aromatic N) is 2. The fourth-order valence-electron chi connectivity index (χ4n) is 2.97. The van der Waals surface area contributed by atoms with Gasteiger partial charge in [-0.1, -0.05) is 30.3 Å². The molecular weight excluding hydrogens is 388 g/mol. The maximum absolute atomic E-state index is 12.8. The van der Waals surface area contributed by atoms with E-state index >= 15 is 0 Å². The maximum atomic E-state index is 12.8. The number of hydrogen-bond donors (Lipinski definition) is 0. The highest BCUT2D eigenvalue weighted by molar-refractivity contribution is 7.86. The van der Waals surface area contributed by atoms with Crippen LogP contribution in [0.4, 0.5) is 5.69 Å². The van der Waals surface area contributed by atoms with Crippen LogP contribution in [0.25, 0.3) is 10.8 Å². The fraction of sp³-hybridized carbons (Fsp3) is 0. The van der Waals surface area contributed by atoms with Crippen molar-refractivity contribution in [2.75, 3.05) is 0 Å². The number of benzene rings is 3. The Morgan fingerprint density at radius 1 is 0.893 bits per heavy atom. The van der Waals surface area contributed by atoms with Crippen LogP contribution in [0.3, 0.4) is 0 Å². The van der Waals surface area contributed by atoms with Gasteiger partial charge in [0.25, 0.3) is 17.5 Å². The second-order valence-corrected chi connectivity index (χ2v) is 7.43. The third-order valence-electron chi connectivity index (χ3n) is 4.21. The third-order valence-corrected chi connectivity index (χ3v) is 5.40. The van der Waals surface area contributed by atoms with Crippen LogP contribution >= 0.6 is 0 Å². The lowest BCUT2D eigenvalue weighted by molar-refractivity contribution is -0.384. The van der Waals surface area contributed by atoms with Gasteiger partial charge in [0.15, 0.2) is 0 Å². The van der Waals surface area contributed by atoms with Crippen LogP contribution in [0.5, 0.6) is 0 Å². The zero-order valence-corrected chi connectivity index (χ0v) is 14.8. The minimum atomic E-state index is -4.47. The first-order valence-corrected chi connectivity index (χ1v) is 9.30. The van der Waals surface area contributed by atoms with Crippen molar-refractivity contribution < 1.29 is 27.2 Å². The predicted octanol–water partition coefficient (Wildman–Crippen LogP) is 2.66. The van der Waals surface area contributed by atoms with E-state index in [-0.39, 0.29) is 32.2 Å². The molecular formula is C18H10N2O7S. The SMILES string of the molecule is O=C1c2cccc3cc([N+](=O)[O-])cc(c23)C(=O)N1OS(=O)(=O)c1ccccc1. The summed E-state index contributed by atoms with van der Waals surface area (Å²) in [6, 6.07) is 13.6. The molecule has 1 aliphatic heterocycles. The van der Waals surface area contributed by atoms with E-state index in [1.165, 1.54) is 48.5 Å². The zero-order chi connectivity index (χ0) is 20.1. The maximum Gasteiger partial charge on any atom is 0.318 e. The van der Waals surface area contributed by atoms with Crippen LogP contribution < -0.4 is 0 Å². The smallest absolute Gasteiger partial charge is 0.266 e. The second kappa shape index (κ2) is 6.22. The summed E-state index contributed by atoms with van der Waals surface area (Å²) in [6.07, 6.45) is 0. The summed E-state index contributed by atoms with van der Waals surface area (Å²) in [5.41, 5.74) is -0.555. The zero-order valence-electron chi connectivity index (χ0n) is 13.9. The Bertz CT molecular complexity index is 1270. The first-order valence-electron chi connectivity index (χ1n) is 7.89. The lowest BCUT2D eigenvalue weighted by Gasteiger charge is -2.25. The summed E-state index contributed by atoms with van der Waals surface area (Å²) in [7, 11) is -4.47. The van der Waals surface area contributed by atoms with Gasteiger partial charge >= 0.3 is 10.1 Å². The molecule has 0 radical (unpaired) electrons. The van der Waals surface area contributed by atoms with Crippen molar-refractivity contribution in [3.8, 4) is 0 Å². The van der Waals surface area contributed by atoms with Gasteiger partial charge in [0.2, 0.25) is 0 Å². The highest BCUT2D eigenvalue weighted by Crippen LogP contribution is 2.34. The van der Waals surface area contributed by atoms with Gasteiger partial charge in [-0.25, -0.2) is 0 Å². The van der Waals surface area contributed by atoms with Gasteiger partial charge in [-0.05, 0) is 23.6 Å². The van der Waals surface area contributed by atoms with Crippen molar-refractivity contribution >= 4 is 38.4 Å². The number of hydroxylamine groups is 2. The minimum absolute atomic E-state index is 0.00487. The minimum Gasteiger partial charge on any atom is -0.266 e. The molecule has 0 aromatic heterocycles. The van der Waals surface area contributed by atoms with Crippen LogP contribution in [-0.2, 0) is 14.4 Å². The van der Waals surface area contributed by atoms with Crippen LogP contribution in [0, 0.1) is 10.1 Å². The molecule has 1 heterocycles. The van der Waals surface area contributed by atoms with Crippen molar-refractivity contribution in [1.29, 1.82) is 0 Å². The molecule has 0 bridgehead atoms. The van der Waals surface area contributed by atoms with E-state index in [2.05, 4.69) is 0 Å². The molecule has 0 aliphatic carbocycles. The molecule has 3 aromatic rings. The monoisotopic (exact) mass is 398 g/mol. The summed E-state index contributed by atoms with van der Waals surface area (Å²) >= 11 is 0. The molecule has 9 nitrogen and oxygen atoms in total. The van der Waals surface area contributed by atoms with E-state index in [4.69, 9.17) is 4.28 Å². The average Bonchev–Trinajstić information content (AvgIpc) is 2.69. The van der Waals surface area contributed by atoms with Gasteiger partial charge in [0.05, 0.1) is 20.9 Å². The number of imide groups is 1. The van der Waals surface area contributed by atoms with E-state index < -0.39 is 26.9 Å². The topological polar surface area (TPSA) is 124 Å². The standard InChI is InChI=1S/C18H10N2O7S/c21-17-14-8-4-5-11-9-12(20(23)24)10-15(16(11)14)18(22)19(17)27-28(25,26)13-6-2-1-3-7-13/h1-10H. The lowest BCUT2D eigenvalue weighted by Crippen LogP contribution is -2.41. The highest BCUT2D eigenvalue weighted by atomic mass is 32.2. The second-order valence-electron chi connectivity index (χ2n) is 5.90. The Balaban J connectivity index is 1.85. The van der Waals surface area contributed by atoms with Gasteiger partial charge in [-0.15, -0.1) is 9.35 Å². The van der Waals surface area contributed by atoms with E-state index in [0.717, 1.165) is 6.07 Å². The van der Waals surface area contributed by atoms with Gasteiger partial charge in [-0.2, -0.15) is 8.42 Å². The number of nitro benzene ring substituents is 1. The summed E-state index contributed by atoms with van der Waals surface area (Å²) < 4.78 is 29.7. The summed E-state index contributed by atoms with van der Waals surface area (Å²) in [4.78, 5) is 35.7. The molecule has 0 saturated heterocycles. The number of amides is 2. The largest absolute Gasteiger partial charge is 0.318 e. The first-order chi connectivity index (χ1) is 13.3. The third kappa shape index (κ3) is 2.71. The van der Waals surface area contributed by atoms with Crippen molar-refractivity contribution in [3.05, 3.63) is 81.9 Å². The first kappa shape index (κ1) is 17.8. The van der Waals surface area contributed by atoms with Crippen LogP contribution in [-0.4, -0.2) is 30.2 Å². The Kier molecular flexibility index (Phi) is 3.95. The van der Waals surface area contributed by atoms with Crippen molar-refractivity contribution in [3.63, 3.8) is 0 Å². The molecule has 0 N–H and O–H groups in total. The van der Waals surface area contributed by atoms with Gasteiger partial charge in [0.1, 0.15) is 0 Å². The summed E-state index contributed by atoms with van der Waals surface area (Å²) in [5, 5.41) is 11.8. The van der Waals surface area contributed by atoms with Gasteiger partial charge < -0.3 is 0 Å². The molecule has 140 valence electrons. The molecule has 0 saturated carbocycles. The van der Waals surface area contributed by atoms with Crippen LogP contribution in [0.1, 0.15) is 20.7 Å². The number of rotatable bonds is 4. The Morgan fingerprint density at radius 2 is 1.57 bits per heavy atom. The molecule has 0 unspecified atom stereocenters. The van der Waals surface area contributed by atoms with Crippen molar-refractivity contribution in [2.45, 2.75) is 4.90 Å². The van der Waals surface area contributed by atoms with E-state index in [9.17, 15) is 28.1 Å². The molecule has 0 spiro atoms. The molecule has 0 atom stereocenters. The number of non-ortho nitro benzene ring substituents is 1. The van der Waals surface area contributed by atoms with E-state index in [1.54, 1.807) is 6.07 Å². The number of hydrogen-bond acceptors (Lipinski definition) is 7. The average molecular weight is 398 g/mol. The van der Waals surface area contributed by atoms with Gasteiger partial charge in [0, 0.05) is 17.5 Å². The number of nitro groups is 1. The Labute approximate surface area is 158 Å². The number of carbonyl (C=O) groups is 2. The molecule has 28 heavy (non-hydrogen) atoms. The summed E-state index contributed by atoms with van der Waals surface area (Å²) in [5.74, 6) is -2.08. The highest BCUT2D eigenvalue weighted by Gasteiger charge is 2.38. The molecule has 1 aliphatic rings. The molecule has 4 rings (SSSR count). The number of carbonyl (C=O) groups excluding carboxylic acids is 2. The fourth-order valence-corrected chi connectivity index (χ4v) is 3.88. The molecule has 10 heteroatoms. The van der Waals surface area contributed by atoms with Crippen LogP contribution in [0.15, 0.2) is 65.6 Å². The Morgan fingerprint density at radius 3 is 2.25 bits per heavy atom. The van der Waals surface area contributed by atoms with E-state index in [1.807, 2.05) is 0 Å². The molecule has 2 amide bonds. The Hall–Kier alpha value is -3.63. The van der Waals surface area contributed by atoms with Crippen molar-refractivity contribution in [2.24, 2.45) is 0 Å².